The van der Waals surface area contributed by atoms with E-state index in [9.17, 15) is 18.7 Å². The molecule has 0 atom stereocenters. The molecule has 1 amide bonds. The number of alkyl halides is 2. The second-order valence-electron chi connectivity index (χ2n) is 9.35. The zero-order valence-electron chi connectivity index (χ0n) is 20.9. The fourth-order valence-electron chi connectivity index (χ4n) is 4.77. The van der Waals surface area contributed by atoms with E-state index in [0.717, 1.165) is 13.0 Å². The summed E-state index contributed by atoms with van der Waals surface area (Å²) < 4.78 is 30.4. The summed E-state index contributed by atoms with van der Waals surface area (Å²) in [5.74, 6) is -2.75. The highest BCUT2D eigenvalue weighted by Gasteiger charge is 2.29. The first kappa shape index (κ1) is 27.5. The third-order valence-corrected chi connectivity index (χ3v) is 7.74. The van der Waals surface area contributed by atoms with E-state index < -0.39 is 5.92 Å². The number of hydrogen-bond donors (Lipinski definition) is 1. The van der Waals surface area contributed by atoms with Crippen molar-refractivity contribution in [3.8, 4) is 0 Å². The molecular weight excluding hydrogens is 521 g/mol. The zero-order chi connectivity index (χ0) is 26.9. The van der Waals surface area contributed by atoms with Crippen LogP contribution in [0.2, 0.25) is 10.0 Å². The molecule has 1 aliphatic rings. The lowest BCUT2D eigenvalue weighted by molar-refractivity contribution is 0.0526. The van der Waals surface area contributed by atoms with Gasteiger partial charge in [0.05, 0.1) is 28.2 Å². The number of β-amino-alcohol motifs (C(OH)–C–C–N with tert-alkyl or cyclic N) is 1. The Morgan fingerprint density at radius 1 is 1.22 bits per heavy atom. The maximum absolute atomic E-state index is 14.3. The maximum atomic E-state index is 14.3. The minimum absolute atomic E-state index is 0.0834. The van der Waals surface area contributed by atoms with Crippen molar-refractivity contribution < 1.29 is 18.7 Å². The number of benzene rings is 2. The fraction of sp³-hybridized carbons (Fsp3) is 0.407. The normalized spacial score (nSPS) is 15.3. The average Bonchev–Trinajstić information content (AvgIpc) is 3.02. The smallest absolute Gasteiger partial charge is 0.291 e. The van der Waals surface area contributed by atoms with E-state index >= 15 is 0 Å². The molecule has 0 bridgehead atoms. The number of nitrogens with zero attached hydrogens (tertiary/aromatic N) is 4. The standard InChI is InChI=1S/C27H30Cl2F2N4O2/c1-4-27(30,31)18-14-17(2)25-22(15-18)33(3)23(32-25)16-20-21(28)7-6-19(24(20)29)26(37)35-9-5-8-34(10-11-35)12-13-36/h4,6-7,14-15,36H,1,5,8-13,16H2,2-3H3. The number of aryl methyl sites for hydroxylation is 2. The molecule has 198 valence electrons. The molecular formula is C27H30Cl2F2N4O2. The van der Waals surface area contributed by atoms with E-state index in [2.05, 4.69) is 11.5 Å². The summed E-state index contributed by atoms with van der Waals surface area (Å²) >= 11 is 13.3. The van der Waals surface area contributed by atoms with E-state index in [1.54, 1.807) is 35.6 Å². The number of aliphatic hydroxyl groups is 1. The second kappa shape index (κ2) is 11.1. The molecule has 2 aromatic carbocycles. The van der Waals surface area contributed by atoms with E-state index in [1.807, 2.05) is 0 Å². The van der Waals surface area contributed by atoms with E-state index in [1.165, 1.54) is 12.1 Å². The van der Waals surface area contributed by atoms with Gasteiger partial charge in [0.15, 0.2) is 0 Å². The summed E-state index contributed by atoms with van der Waals surface area (Å²) in [5.41, 5.74) is 2.55. The predicted octanol–water partition coefficient (Wildman–Crippen LogP) is 5.20. The van der Waals surface area contributed by atoms with Crippen molar-refractivity contribution in [3.05, 3.63) is 75.0 Å². The van der Waals surface area contributed by atoms with Gasteiger partial charge in [-0.25, -0.2) is 4.98 Å². The van der Waals surface area contributed by atoms with Crippen LogP contribution in [0.25, 0.3) is 11.0 Å². The van der Waals surface area contributed by atoms with Gasteiger partial charge in [-0.05, 0) is 61.4 Å². The van der Waals surface area contributed by atoms with Crippen LogP contribution in [-0.4, -0.2) is 69.7 Å². The number of aliphatic hydroxyl groups excluding tert-OH is 1. The number of hydrogen-bond acceptors (Lipinski definition) is 4. The Hall–Kier alpha value is -2.52. The molecule has 1 aliphatic heterocycles. The molecule has 1 fully saturated rings. The highest BCUT2D eigenvalue weighted by atomic mass is 35.5. The fourth-order valence-corrected chi connectivity index (χ4v) is 5.35. The van der Waals surface area contributed by atoms with Crippen LogP contribution in [0.4, 0.5) is 8.78 Å². The summed E-state index contributed by atoms with van der Waals surface area (Å²) in [6, 6.07) is 6.13. The largest absolute Gasteiger partial charge is 0.395 e. The summed E-state index contributed by atoms with van der Waals surface area (Å²) in [4.78, 5) is 22.0. The number of rotatable bonds is 7. The number of carbonyl (C=O) groups excluding carboxylic acids is 1. The molecule has 37 heavy (non-hydrogen) atoms. The highest BCUT2D eigenvalue weighted by Crippen LogP contribution is 2.35. The minimum atomic E-state index is -3.16. The molecule has 10 heteroatoms. The van der Waals surface area contributed by atoms with E-state index in [4.69, 9.17) is 28.2 Å². The number of carbonyl (C=O) groups is 1. The monoisotopic (exact) mass is 550 g/mol. The van der Waals surface area contributed by atoms with Gasteiger partial charge >= 0.3 is 0 Å². The van der Waals surface area contributed by atoms with Gasteiger partial charge in [0, 0.05) is 50.2 Å². The Kier molecular flexibility index (Phi) is 8.23. The van der Waals surface area contributed by atoms with Crippen molar-refractivity contribution >= 4 is 40.1 Å². The molecule has 4 rings (SSSR count). The number of fused-ring (bicyclic) bond motifs is 1. The van der Waals surface area contributed by atoms with Gasteiger partial charge in [-0.2, -0.15) is 8.78 Å². The van der Waals surface area contributed by atoms with Crippen molar-refractivity contribution in [2.45, 2.75) is 25.7 Å². The van der Waals surface area contributed by atoms with Gasteiger partial charge in [-0.1, -0.05) is 29.8 Å². The molecule has 0 radical (unpaired) electrons. The number of amides is 1. The van der Waals surface area contributed by atoms with Crippen LogP contribution in [0.5, 0.6) is 0 Å². The molecule has 2 heterocycles. The van der Waals surface area contributed by atoms with Crippen LogP contribution < -0.4 is 0 Å². The second-order valence-corrected chi connectivity index (χ2v) is 10.1. The molecule has 0 unspecified atom stereocenters. The van der Waals surface area contributed by atoms with Crippen molar-refractivity contribution in [1.29, 1.82) is 0 Å². The number of imidazole rings is 1. The Morgan fingerprint density at radius 2 is 1.97 bits per heavy atom. The molecule has 1 saturated heterocycles. The van der Waals surface area contributed by atoms with Gasteiger partial charge in [0.25, 0.3) is 11.8 Å². The number of allylic oxidation sites excluding steroid dienone is 1. The summed E-state index contributed by atoms with van der Waals surface area (Å²) in [7, 11) is 1.76. The molecule has 1 aromatic heterocycles. The van der Waals surface area contributed by atoms with Gasteiger partial charge in [0.2, 0.25) is 0 Å². The maximum Gasteiger partial charge on any atom is 0.291 e. The first-order valence-corrected chi connectivity index (χ1v) is 12.9. The van der Waals surface area contributed by atoms with Gasteiger partial charge in [0.1, 0.15) is 5.82 Å². The molecule has 3 aromatic rings. The molecule has 0 spiro atoms. The Labute approximate surface area is 225 Å². The summed E-state index contributed by atoms with van der Waals surface area (Å²) in [6.45, 7) is 8.28. The minimum Gasteiger partial charge on any atom is -0.395 e. The molecule has 0 saturated carbocycles. The lowest BCUT2D eigenvalue weighted by atomic mass is 10.0. The number of halogens is 4. The molecule has 0 aliphatic carbocycles. The highest BCUT2D eigenvalue weighted by molar-refractivity contribution is 6.38. The lowest BCUT2D eigenvalue weighted by Crippen LogP contribution is -2.36. The van der Waals surface area contributed by atoms with Gasteiger partial charge < -0.3 is 14.6 Å². The summed E-state index contributed by atoms with van der Waals surface area (Å²) in [5, 5.41) is 9.88. The number of aromatic nitrogens is 2. The van der Waals surface area contributed by atoms with Crippen LogP contribution >= 0.6 is 23.2 Å². The summed E-state index contributed by atoms with van der Waals surface area (Å²) in [6.07, 6.45) is 1.65. The Balaban J connectivity index is 1.65. The van der Waals surface area contributed by atoms with Crippen LogP contribution in [0.1, 0.15) is 39.3 Å². The van der Waals surface area contributed by atoms with Crippen LogP contribution in [0.3, 0.4) is 0 Å². The lowest BCUT2D eigenvalue weighted by Gasteiger charge is -2.22. The third-order valence-electron chi connectivity index (χ3n) is 6.95. The quantitative estimate of drug-likeness (QED) is 0.411. The topological polar surface area (TPSA) is 61.6 Å². The van der Waals surface area contributed by atoms with Gasteiger partial charge in [-0.15, -0.1) is 0 Å². The predicted molar refractivity (Wildman–Crippen MR) is 143 cm³/mol. The van der Waals surface area contributed by atoms with Crippen LogP contribution in [0.15, 0.2) is 36.9 Å². The van der Waals surface area contributed by atoms with Crippen molar-refractivity contribution in [1.82, 2.24) is 19.4 Å². The van der Waals surface area contributed by atoms with Crippen molar-refractivity contribution in [2.24, 2.45) is 7.05 Å². The van der Waals surface area contributed by atoms with Crippen molar-refractivity contribution in [2.75, 3.05) is 39.3 Å². The van der Waals surface area contributed by atoms with E-state index in [-0.39, 0.29) is 29.5 Å². The SMILES string of the molecule is C=CC(F)(F)c1cc(C)c2nc(Cc3c(Cl)ccc(C(=O)N4CCCN(CCO)CC4)c3Cl)n(C)c2c1. The first-order valence-electron chi connectivity index (χ1n) is 12.1. The van der Waals surface area contributed by atoms with E-state index in [0.29, 0.717) is 70.8 Å². The Bertz CT molecular complexity index is 1340. The third kappa shape index (κ3) is 5.53. The Morgan fingerprint density at radius 3 is 2.68 bits per heavy atom. The molecule has 6 nitrogen and oxygen atoms in total. The van der Waals surface area contributed by atoms with Crippen LogP contribution in [-0.2, 0) is 19.4 Å². The average molecular weight is 551 g/mol. The van der Waals surface area contributed by atoms with Crippen molar-refractivity contribution in [3.63, 3.8) is 0 Å². The molecule has 1 N–H and O–H groups in total. The first-order chi connectivity index (χ1) is 17.6. The van der Waals surface area contributed by atoms with Gasteiger partial charge in [-0.3, -0.25) is 9.69 Å². The van der Waals surface area contributed by atoms with Crippen LogP contribution in [0, 0.1) is 6.92 Å². The zero-order valence-corrected chi connectivity index (χ0v) is 22.4.